The van der Waals surface area contributed by atoms with Gasteiger partial charge in [-0.05, 0) is 19.3 Å². The predicted molar refractivity (Wildman–Crippen MR) is 72.4 cm³/mol. The van der Waals surface area contributed by atoms with E-state index in [0.717, 1.165) is 0 Å². The number of nitrogens with one attached hydrogen (secondary N) is 1. The number of nitrogens with zero attached hydrogens (tertiary/aromatic N) is 2. The molecule has 19 heavy (non-hydrogen) atoms. The van der Waals surface area contributed by atoms with Crippen molar-refractivity contribution in [2.75, 3.05) is 5.32 Å². The second-order valence-corrected chi connectivity index (χ2v) is 5.64. The summed E-state index contributed by atoms with van der Waals surface area (Å²) in [7, 11) is 1.64. The van der Waals surface area contributed by atoms with Gasteiger partial charge in [0.25, 0.3) is 0 Å². The number of ether oxygens (including phenoxy) is 1. The number of hydrogen-bond donors (Lipinski definition) is 1. The van der Waals surface area contributed by atoms with E-state index in [2.05, 4.69) is 10.4 Å². The molecule has 1 aromatic rings. The predicted octanol–water partition coefficient (Wildman–Crippen LogP) is 2.52. The Morgan fingerprint density at radius 3 is 2.47 bits per heavy atom. The van der Waals surface area contributed by atoms with Gasteiger partial charge in [0, 0.05) is 12.6 Å². The minimum absolute atomic E-state index is 0.134. The maximum atomic E-state index is 11.8. The number of carbonyl (C=O) groups excluding carboxylic acids is 2. The quantitative estimate of drug-likeness (QED) is 0.854. The zero-order valence-electron chi connectivity index (χ0n) is 12.3. The maximum absolute atomic E-state index is 11.8. The zero-order chi connectivity index (χ0) is 14.8. The molecule has 1 rings (SSSR count). The number of anilines is 1. The average Bonchev–Trinajstić information content (AvgIpc) is 2.52. The Hall–Kier alpha value is -1.85. The second kappa shape index (κ2) is 5.42. The largest absolute Gasteiger partial charge is 0.446 e. The van der Waals surface area contributed by atoms with Crippen molar-refractivity contribution in [3.63, 3.8) is 0 Å². The smallest absolute Gasteiger partial charge is 0.413 e. The first-order valence-electron chi connectivity index (χ1n) is 6.13. The number of aryl methyl sites for hydroxylation is 1. The SMILES string of the molecule is Cc1c(NC(=O)OC(C)C(C)(C)C)nn(C)c1C=O. The van der Waals surface area contributed by atoms with Crippen LogP contribution in [0.4, 0.5) is 10.6 Å². The van der Waals surface area contributed by atoms with E-state index in [9.17, 15) is 9.59 Å². The zero-order valence-corrected chi connectivity index (χ0v) is 12.3. The summed E-state index contributed by atoms with van der Waals surface area (Å²) in [6.07, 6.45) is -0.0977. The molecule has 0 radical (unpaired) electrons. The minimum Gasteiger partial charge on any atom is -0.446 e. The maximum Gasteiger partial charge on any atom is 0.413 e. The molecule has 0 aliphatic carbocycles. The number of amides is 1. The number of rotatable bonds is 3. The highest BCUT2D eigenvalue weighted by molar-refractivity contribution is 5.87. The Morgan fingerprint density at radius 1 is 1.47 bits per heavy atom. The molecule has 6 nitrogen and oxygen atoms in total. The number of aromatic nitrogens is 2. The Labute approximate surface area is 113 Å². The molecular formula is C13H21N3O3. The van der Waals surface area contributed by atoms with Crippen molar-refractivity contribution in [2.45, 2.75) is 40.7 Å². The fourth-order valence-electron chi connectivity index (χ4n) is 1.39. The summed E-state index contributed by atoms with van der Waals surface area (Å²) < 4.78 is 6.69. The molecule has 1 aromatic heterocycles. The molecule has 0 aromatic carbocycles. The molecule has 106 valence electrons. The summed E-state index contributed by atoms with van der Waals surface area (Å²) in [4.78, 5) is 22.6. The van der Waals surface area contributed by atoms with Crippen molar-refractivity contribution >= 4 is 18.2 Å². The van der Waals surface area contributed by atoms with Crippen molar-refractivity contribution in [1.29, 1.82) is 0 Å². The van der Waals surface area contributed by atoms with E-state index in [1.165, 1.54) is 4.68 Å². The first kappa shape index (κ1) is 15.2. The molecule has 0 bridgehead atoms. The van der Waals surface area contributed by atoms with Gasteiger partial charge in [-0.15, -0.1) is 0 Å². The van der Waals surface area contributed by atoms with Gasteiger partial charge in [0.2, 0.25) is 0 Å². The molecule has 0 saturated carbocycles. The molecule has 1 heterocycles. The van der Waals surface area contributed by atoms with Crippen molar-refractivity contribution in [2.24, 2.45) is 12.5 Å². The standard InChI is InChI=1S/C13H21N3O3/c1-8-10(7-17)16(6)15-11(8)14-12(18)19-9(2)13(3,4)5/h7,9H,1-6H3,(H,14,15,18). The van der Waals surface area contributed by atoms with Gasteiger partial charge in [0.1, 0.15) is 11.8 Å². The lowest BCUT2D eigenvalue weighted by Crippen LogP contribution is -2.30. The van der Waals surface area contributed by atoms with E-state index in [0.29, 0.717) is 23.4 Å². The first-order valence-corrected chi connectivity index (χ1v) is 6.13. The van der Waals surface area contributed by atoms with Crippen LogP contribution in [0.3, 0.4) is 0 Å². The number of hydrogen-bond acceptors (Lipinski definition) is 4. The summed E-state index contributed by atoms with van der Waals surface area (Å²) in [5, 5.41) is 6.62. The van der Waals surface area contributed by atoms with Gasteiger partial charge < -0.3 is 4.74 Å². The molecular weight excluding hydrogens is 246 g/mol. The van der Waals surface area contributed by atoms with Gasteiger partial charge in [-0.3, -0.25) is 14.8 Å². The molecule has 0 saturated heterocycles. The minimum atomic E-state index is -0.568. The van der Waals surface area contributed by atoms with Gasteiger partial charge in [0.15, 0.2) is 12.1 Å². The molecule has 0 fully saturated rings. The molecule has 1 N–H and O–H groups in total. The van der Waals surface area contributed by atoms with Crippen LogP contribution in [0.2, 0.25) is 0 Å². The Kier molecular flexibility index (Phi) is 4.34. The summed E-state index contributed by atoms with van der Waals surface area (Å²) in [6.45, 7) is 9.52. The van der Waals surface area contributed by atoms with Crippen molar-refractivity contribution in [3.05, 3.63) is 11.3 Å². The molecule has 1 atom stereocenters. The van der Waals surface area contributed by atoms with E-state index in [-0.39, 0.29) is 11.5 Å². The van der Waals surface area contributed by atoms with Crippen LogP contribution < -0.4 is 5.32 Å². The monoisotopic (exact) mass is 267 g/mol. The van der Waals surface area contributed by atoms with Crippen molar-refractivity contribution in [3.8, 4) is 0 Å². The second-order valence-electron chi connectivity index (χ2n) is 5.64. The van der Waals surface area contributed by atoms with E-state index >= 15 is 0 Å². The van der Waals surface area contributed by atoms with Gasteiger partial charge >= 0.3 is 6.09 Å². The molecule has 6 heteroatoms. The van der Waals surface area contributed by atoms with Crippen LogP contribution in [-0.2, 0) is 11.8 Å². The Balaban J connectivity index is 2.76. The van der Waals surface area contributed by atoms with Crippen molar-refractivity contribution in [1.82, 2.24) is 9.78 Å². The number of aldehydes is 1. The third-order valence-electron chi connectivity index (χ3n) is 3.17. The fraction of sp³-hybridized carbons (Fsp3) is 0.615. The van der Waals surface area contributed by atoms with Crippen LogP contribution in [0.5, 0.6) is 0 Å². The highest BCUT2D eigenvalue weighted by Gasteiger charge is 2.24. The lowest BCUT2D eigenvalue weighted by Gasteiger charge is -2.26. The molecule has 0 spiro atoms. The summed E-state index contributed by atoms with van der Waals surface area (Å²) >= 11 is 0. The first-order chi connectivity index (χ1) is 8.66. The van der Waals surface area contributed by atoms with Crippen LogP contribution >= 0.6 is 0 Å². The van der Waals surface area contributed by atoms with Crippen LogP contribution in [0.1, 0.15) is 43.7 Å². The normalized spacial score (nSPS) is 12.9. The Bertz CT molecular complexity index is 486. The van der Waals surface area contributed by atoms with Crippen molar-refractivity contribution < 1.29 is 14.3 Å². The van der Waals surface area contributed by atoms with Gasteiger partial charge in [-0.25, -0.2) is 4.79 Å². The summed E-state index contributed by atoms with van der Waals surface area (Å²) in [6, 6.07) is 0. The lowest BCUT2D eigenvalue weighted by molar-refractivity contribution is 0.0527. The summed E-state index contributed by atoms with van der Waals surface area (Å²) in [5.41, 5.74) is 0.918. The Morgan fingerprint density at radius 2 is 2.05 bits per heavy atom. The molecule has 1 unspecified atom stereocenters. The van der Waals surface area contributed by atoms with Gasteiger partial charge in [-0.1, -0.05) is 20.8 Å². The average molecular weight is 267 g/mol. The van der Waals surface area contributed by atoms with Crippen LogP contribution in [0, 0.1) is 12.3 Å². The van der Waals surface area contributed by atoms with Crippen LogP contribution in [0.15, 0.2) is 0 Å². The third-order valence-corrected chi connectivity index (χ3v) is 3.17. The summed E-state index contributed by atoms with van der Waals surface area (Å²) in [5.74, 6) is 0.343. The van der Waals surface area contributed by atoms with E-state index < -0.39 is 6.09 Å². The van der Waals surface area contributed by atoms with E-state index in [1.807, 2.05) is 27.7 Å². The lowest BCUT2D eigenvalue weighted by atomic mass is 9.90. The molecule has 0 aliphatic heterocycles. The topological polar surface area (TPSA) is 73.2 Å². The van der Waals surface area contributed by atoms with Gasteiger partial charge in [0.05, 0.1) is 0 Å². The van der Waals surface area contributed by atoms with Crippen LogP contribution in [-0.4, -0.2) is 28.3 Å². The van der Waals surface area contributed by atoms with E-state index in [1.54, 1.807) is 14.0 Å². The van der Waals surface area contributed by atoms with Crippen LogP contribution in [0.25, 0.3) is 0 Å². The van der Waals surface area contributed by atoms with E-state index in [4.69, 9.17) is 4.74 Å². The fourth-order valence-corrected chi connectivity index (χ4v) is 1.39. The highest BCUT2D eigenvalue weighted by atomic mass is 16.6. The third kappa shape index (κ3) is 3.56. The number of carbonyl (C=O) groups is 2. The molecule has 0 aliphatic rings. The molecule has 1 amide bonds. The van der Waals surface area contributed by atoms with Gasteiger partial charge in [-0.2, -0.15) is 5.10 Å². The highest BCUT2D eigenvalue weighted by Crippen LogP contribution is 2.22.